The first-order valence-corrected chi connectivity index (χ1v) is 11.4. The number of rotatable bonds is 7. The first kappa shape index (κ1) is 21.3. The molecule has 0 unspecified atom stereocenters. The van der Waals surface area contributed by atoms with E-state index in [1.807, 2.05) is 18.2 Å². The molecular weight excluding hydrogens is 416 g/mol. The van der Waals surface area contributed by atoms with Crippen LogP contribution in [0.4, 0.5) is 5.69 Å². The van der Waals surface area contributed by atoms with Crippen molar-refractivity contribution in [3.05, 3.63) is 53.6 Å². The second-order valence-electron chi connectivity index (χ2n) is 6.71. The van der Waals surface area contributed by atoms with Crippen molar-refractivity contribution in [2.75, 3.05) is 23.7 Å². The number of para-hydroxylation sites is 2. The summed E-state index contributed by atoms with van der Waals surface area (Å²) in [6, 6.07) is 12.8. The predicted molar refractivity (Wildman–Crippen MR) is 112 cm³/mol. The zero-order valence-electron chi connectivity index (χ0n) is 16.2. The molecule has 1 heterocycles. The van der Waals surface area contributed by atoms with Crippen molar-refractivity contribution in [1.82, 2.24) is 5.32 Å². The van der Waals surface area contributed by atoms with E-state index in [-0.39, 0.29) is 25.7 Å². The van der Waals surface area contributed by atoms with E-state index in [0.29, 0.717) is 22.2 Å². The van der Waals surface area contributed by atoms with E-state index in [1.165, 1.54) is 6.07 Å². The maximum atomic E-state index is 12.9. The molecule has 9 heteroatoms. The molecule has 0 fully saturated rings. The zero-order valence-corrected chi connectivity index (χ0v) is 17.7. The van der Waals surface area contributed by atoms with Crippen molar-refractivity contribution in [3.63, 3.8) is 0 Å². The standard InChI is InChI=1S/C20H23ClN2O5S/c1-3-17(23(29(2,25)26)15-8-6-7-14(21)11-15)20(24)22-12-16-13-27-18-9-4-5-10-19(18)28-16/h4-11,16-17H,3,12-13H2,1-2H3,(H,22,24)/t16-,17-/m1/s1. The molecule has 7 nitrogen and oxygen atoms in total. The van der Waals surface area contributed by atoms with Gasteiger partial charge in [-0.2, -0.15) is 0 Å². The number of ether oxygens (including phenoxy) is 2. The molecule has 0 radical (unpaired) electrons. The van der Waals surface area contributed by atoms with Gasteiger partial charge >= 0.3 is 0 Å². The molecule has 2 atom stereocenters. The summed E-state index contributed by atoms with van der Waals surface area (Å²) in [7, 11) is -3.72. The third kappa shape index (κ3) is 5.13. The van der Waals surface area contributed by atoms with Gasteiger partial charge in [0, 0.05) is 5.02 Å². The minimum Gasteiger partial charge on any atom is -0.486 e. The lowest BCUT2D eigenvalue weighted by molar-refractivity contribution is -0.122. The molecule has 29 heavy (non-hydrogen) atoms. The van der Waals surface area contributed by atoms with Crippen LogP contribution in [-0.2, 0) is 14.8 Å². The quantitative estimate of drug-likeness (QED) is 0.718. The number of carbonyl (C=O) groups excluding carboxylic acids is 1. The number of nitrogens with zero attached hydrogens (tertiary/aromatic N) is 1. The number of carbonyl (C=O) groups is 1. The fourth-order valence-corrected chi connectivity index (χ4v) is 4.56. The van der Waals surface area contributed by atoms with Crippen LogP contribution in [0.15, 0.2) is 48.5 Å². The SMILES string of the molecule is CC[C@H](C(=O)NC[C@@H]1COc2ccccc2O1)N(c1cccc(Cl)c1)S(C)(=O)=O. The van der Waals surface area contributed by atoms with Crippen molar-refractivity contribution < 1.29 is 22.7 Å². The Labute approximate surface area is 175 Å². The van der Waals surface area contributed by atoms with Crippen LogP contribution in [-0.4, -0.2) is 45.9 Å². The molecule has 2 aromatic rings. The predicted octanol–water partition coefficient (Wildman–Crippen LogP) is 2.84. The molecular formula is C20H23ClN2O5S. The lowest BCUT2D eigenvalue weighted by atomic mass is 10.2. The van der Waals surface area contributed by atoms with Crippen molar-refractivity contribution in [2.24, 2.45) is 0 Å². The minimum absolute atomic E-state index is 0.191. The van der Waals surface area contributed by atoms with Crippen LogP contribution in [0.25, 0.3) is 0 Å². The number of halogens is 1. The van der Waals surface area contributed by atoms with Crippen LogP contribution < -0.4 is 19.1 Å². The average Bonchev–Trinajstić information content (AvgIpc) is 2.69. The van der Waals surface area contributed by atoms with Gasteiger partial charge in [0.25, 0.3) is 0 Å². The van der Waals surface area contributed by atoms with Gasteiger partial charge in [0.15, 0.2) is 11.5 Å². The van der Waals surface area contributed by atoms with Gasteiger partial charge in [0.1, 0.15) is 18.8 Å². The summed E-state index contributed by atoms with van der Waals surface area (Å²) in [5.41, 5.74) is 0.341. The van der Waals surface area contributed by atoms with Crippen LogP contribution >= 0.6 is 11.6 Å². The molecule has 0 saturated heterocycles. The molecule has 2 aromatic carbocycles. The number of benzene rings is 2. The summed E-state index contributed by atoms with van der Waals surface area (Å²) in [5.74, 6) is 0.854. The zero-order chi connectivity index (χ0) is 21.0. The van der Waals surface area contributed by atoms with Gasteiger partial charge in [-0.1, -0.05) is 36.7 Å². The van der Waals surface area contributed by atoms with Crippen molar-refractivity contribution in [2.45, 2.75) is 25.5 Å². The fourth-order valence-electron chi connectivity index (χ4n) is 3.17. The lowest BCUT2D eigenvalue weighted by Gasteiger charge is -2.31. The highest BCUT2D eigenvalue weighted by molar-refractivity contribution is 7.92. The summed E-state index contributed by atoms with van der Waals surface area (Å²) in [4.78, 5) is 12.9. The third-order valence-corrected chi connectivity index (χ3v) is 5.88. The van der Waals surface area contributed by atoms with Gasteiger partial charge in [-0.3, -0.25) is 9.10 Å². The van der Waals surface area contributed by atoms with Gasteiger partial charge in [0.2, 0.25) is 15.9 Å². The molecule has 3 rings (SSSR count). The Kier molecular flexibility index (Phi) is 6.54. The molecule has 0 spiro atoms. The Morgan fingerprint density at radius 1 is 1.24 bits per heavy atom. The molecule has 0 aromatic heterocycles. The topological polar surface area (TPSA) is 84.9 Å². The van der Waals surface area contributed by atoms with Crippen LogP contribution in [0.3, 0.4) is 0 Å². The number of fused-ring (bicyclic) bond motifs is 1. The highest BCUT2D eigenvalue weighted by atomic mass is 35.5. The average molecular weight is 439 g/mol. The number of hydrogen-bond donors (Lipinski definition) is 1. The van der Waals surface area contributed by atoms with Gasteiger partial charge < -0.3 is 14.8 Å². The van der Waals surface area contributed by atoms with E-state index in [0.717, 1.165) is 10.6 Å². The summed E-state index contributed by atoms with van der Waals surface area (Å²) < 4.78 is 37.5. The van der Waals surface area contributed by atoms with Crippen LogP contribution in [0, 0.1) is 0 Å². The van der Waals surface area contributed by atoms with E-state index >= 15 is 0 Å². The van der Waals surface area contributed by atoms with Crippen LogP contribution in [0.1, 0.15) is 13.3 Å². The van der Waals surface area contributed by atoms with Crippen LogP contribution in [0.2, 0.25) is 5.02 Å². The molecule has 1 aliphatic heterocycles. The lowest BCUT2D eigenvalue weighted by Crippen LogP contribution is -2.51. The normalized spacial score (nSPS) is 16.7. The Bertz CT molecular complexity index is 982. The highest BCUT2D eigenvalue weighted by Gasteiger charge is 2.32. The van der Waals surface area contributed by atoms with Crippen molar-refractivity contribution in [1.29, 1.82) is 0 Å². The molecule has 156 valence electrons. The second-order valence-corrected chi connectivity index (χ2v) is 9.00. The summed E-state index contributed by atoms with van der Waals surface area (Å²) in [6.07, 6.45) is 0.985. The smallest absolute Gasteiger partial charge is 0.244 e. The van der Waals surface area contributed by atoms with E-state index in [9.17, 15) is 13.2 Å². The third-order valence-electron chi connectivity index (χ3n) is 4.46. The first-order valence-electron chi connectivity index (χ1n) is 9.20. The van der Waals surface area contributed by atoms with Gasteiger partial charge in [-0.15, -0.1) is 0 Å². The molecule has 1 N–H and O–H groups in total. The Morgan fingerprint density at radius 2 is 1.97 bits per heavy atom. The van der Waals surface area contributed by atoms with E-state index < -0.39 is 22.0 Å². The van der Waals surface area contributed by atoms with Gasteiger partial charge in [0.05, 0.1) is 18.5 Å². The Balaban J connectivity index is 1.72. The Hall–Kier alpha value is -2.45. The summed E-state index contributed by atoms with van der Waals surface area (Å²) in [5, 5.41) is 3.17. The van der Waals surface area contributed by atoms with Crippen LogP contribution in [0.5, 0.6) is 11.5 Å². The van der Waals surface area contributed by atoms with Gasteiger partial charge in [-0.25, -0.2) is 8.42 Å². The molecule has 0 bridgehead atoms. The van der Waals surface area contributed by atoms with Crippen molar-refractivity contribution >= 4 is 33.2 Å². The second kappa shape index (κ2) is 8.92. The highest BCUT2D eigenvalue weighted by Crippen LogP contribution is 2.30. The number of hydrogen-bond acceptors (Lipinski definition) is 5. The fraction of sp³-hybridized carbons (Fsp3) is 0.350. The minimum atomic E-state index is -3.72. The molecule has 0 saturated carbocycles. The largest absolute Gasteiger partial charge is 0.486 e. The molecule has 1 amide bonds. The monoisotopic (exact) mass is 438 g/mol. The number of anilines is 1. The van der Waals surface area contributed by atoms with E-state index in [1.54, 1.807) is 31.2 Å². The molecule has 1 aliphatic rings. The Morgan fingerprint density at radius 3 is 2.62 bits per heavy atom. The first-order chi connectivity index (χ1) is 13.8. The summed E-state index contributed by atoms with van der Waals surface area (Å²) in [6.45, 7) is 2.23. The number of nitrogens with one attached hydrogen (secondary N) is 1. The van der Waals surface area contributed by atoms with Gasteiger partial charge in [-0.05, 0) is 36.8 Å². The van der Waals surface area contributed by atoms with E-state index in [4.69, 9.17) is 21.1 Å². The maximum absolute atomic E-state index is 12.9. The van der Waals surface area contributed by atoms with E-state index in [2.05, 4.69) is 5.32 Å². The van der Waals surface area contributed by atoms with Crippen molar-refractivity contribution in [3.8, 4) is 11.5 Å². The number of amides is 1. The maximum Gasteiger partial charge on any atom is 0.244 e. The number of sulfonamides is 1. The molecule has 0 aliphatic carbocycles. The summed E-state index contributed by atoms with van der Waals surface area (Å²) >= 11 is 6.02.